The first-order valence-corrected chi connectivity index (χ1v) is 6.14. The number of aliphatic carboxylic acids is 1. The van der Waals surface area contributed by atoms with Crippen molar-refractivity contribution in [3.8, 4) is 0 Å². The lowest BCUT2D eigenvalue weighted by atomic mass is 10.1. The Kier molecular flexibility index (Phi) is 5.94. The van der Waals surface area contributed by atoms with E-state index in [9.17, 15) is 27.6 Å². The molecule has 0 radical (unpaired) electrons. The van der Waals surface area contributed by atoms with Gasteiger partial charge in [-0.25, -0.2) is 0 Å². The van der Waals surface area contributed by atoms with Crippen molar-refractivity contribution in [3.05, 3.63) is 0 Å². The Morgan fingerprint density at radius 3 is 2.67 bits per heavy atom. The first-order chi connectivity index (χ1) is 9.70. The van der Waals surface area contributed by atoms with Gasteiger partial charge in [-0.05, 0) is 0 Å². The van der Waals surface area contributed by atoms with Gasteiger partial charge in [-0.15, -0.1) is 0 Å². The SMILES string of the molecule is O=C(O)CC1C(=O)NCCN1C(=O)CCOCC(F)(F)F. The number of carboxylic acids is 1. The number of piperazine rings is 1. The van der Waals surface area contributed by atoms with Crippen LogP contribution < -0.4 is 5.32 Å². The van der Waals surface area contributed by atoms with E-state index >= 15 is 0 Å². The lowest BCUT2D eigenvalue weighted by molar-refractivity contribution is -0.175. The highest BCUT2D eigenvalue weighted by molar-refractivity contribution is 5.91. The molecular weight excluding hydrogens is 297 g/mol. The van der Waals surface area contributed by atoms with Crippen molar-refractivity contribution in [2.45, 2.75) is 25.1 Å². The molecular formula is C11H15F3N2O5. The van der Waals surface area contributed by atoms with E-state index in [1.165, 1.54) is 0 Å². The summed E-state index contributed by atoms with van der Waals surface area (Å²) < 4.78 is 39.9. The molecule has 1 heterocycles. The standard InChI is InChI=1S/C11H15F3N2O5/c12-11(13,14)6-21-4-1-8(17)16-3-2-15-10(20)7(16)5-9(18)19/h7H,1-6H2,(H,15,20)(H,18,19). The highest BCUT2D eigenvalue weighted by Crippen LogP contribution is 2.15. The third kappa shape index (κ3) is 5.98. The molecule has 1 fully saturated rings. The normalized spacial score (nSPS) is 19.3. The molecule has 0 aliphatic carbocycles. The summed E-state index contributed by atoms with van der Waals surface area (Å²) >= 11 is 0. The van der Waals surface area contributed by atoms with Crippen LogP contribution >= 0.6 is 0 Å². The maximum Gasteiger partial charge on any atom is 0.411 e. The number of carbonyl (C=O) groups excluding carboxylic acids is 2. The molecule has 0 spiro atoms. The lowest BCUT2D eigenvalue weighted by Crippen LogP contribution is -2.57. The third-order valence-electron chi connectivity index (χ3n) is 2.75. The number of amides is 2. The summed E-state index contributed by atoms with van der Waals surface area (Å²) in [6, 6.07) is -1.15. The summed E-state index contributed by atoms with van der Waals surface area (Å²) in [5, 5.41) is 11.2. The van der Waals surface area contributed by atoms with E-state index < -0.39 is 49.6 Å². The molecule has 2 amide bonds. The molecule has 120 valence electrons. The summed E-state index contributed by atoms with van der Waals surface area (Å²) in [7, 11) is 0. The predicted molar refractivity (Wildman–Crippen MR) is 62.3 cm³/mol. The monoisotopic (exact) mass is 312 g/mol. The minimum absolute atomic E-state index is 0.113. The van der Waals surface area contributed by atoms with Gasteiger partial charge in [-0.1, -0.05) is 0 Å². The van der Waals surface area contributed by atoms with Gasteiger partial charge in [0.1, 0.15) is 12.6 Å². The van der Waals surface area contributed by atoms with Gasteiger partial charge in [-0.2, -0.15) is 13.2 Å². The number of carbonyl (C=O) groups is 3. The number of nitrogens with zero attached hydrogens (tertiary/aromatic N) is 1. The van der Waals surface area contributed by atoms with Crippen molar-refractivity contribution < 1.29 is 37.4 Å². The van der Waals surface area contributed by atoms with E-state index in [0.717, 1.165) is 4.90 Å². The highest BCUT2D eigenvalue weighted by atomic mass is 19.4. The third-order valence-corrected chi connectivity index (χ3v) is 2.75. The van der Waals surface area contributed by atoms with Crippen LogP contribution in [-0.4, -0.2) is 66.3 Å². The van der Waals surface area contributed by atoms with Crippen LogP contribution in [0.3, 0.4) is 0 Å². The topological polar surface area (TPSA) is 95.9 Å². The zero-order valence-corrected chi connectivity index (χ0v) is 11.0. The minimum Gasteiger partial charge on any atom is -0.481 e. The van der Waals surface area contributed by atoms with Crippen molar-refractivity contribution in [3.63, 3.8) is 0 Å². The summed E-state index contributed by atoms with van der Waals surface area (Å²) in [6.07, 6.45) is -5.37. The number of alkyl halides is 3. The average Bonchev–Trinajstić information content (AvgIpc) is 2.35. The van der Waals surface area contributed by atoms with E-state index in [-0.39, 0.29) is 19.5 Å². The largest absolute Gasteiger partial charge is 0.481 e. The number of carboxylic acid groups (broad SMARTS) is 1. The van der Waals surface area contributed by atoms with E-state index in [1.54, 1.807) is 0 Å². The number of ether oxygens (including phenoxy) is 1. The number of halogens is 3. The fourth-order valence-corrected chi connectivity index (χ4v) is 1.87. The van der Waals surface area contributed by atoms with Crippen LogP contribution in [0, 0.1) is 0 Å². The molecule has 1 atom stereocenters. The Balaban J connectivity index is 2.49. The molecule has 10 heteroatoms. The lowest BCUT2D eigenvalue weighted by Gasteiger charge is -2.34. The van der Waals surface area contributed by atoms with Gasteiger partial charge in [0.25, 0.3) is 0 Å². The number of hydrogen-bond acceptors (Lipinski definition) is 4. The van der Waals surface area contributed by atoms with Gasteiger partial charge in [-0.3, -0.25) is 14.4 Å². The second-order valence-corrected chi connectivity index (χ2v) is 4.41. The van der Waals surface area contributed by atoms with Gasteiger partial charge in [0.05, 0.1) is 19.4 Å². The van der Waals surface area contributed by atoms with Gasteiger partial charge in [0.15, 0.2) is 0 Å². The Labute approximate surface area is 118 Å². The molecule has 2 N–H and O–H groups in total. The molecule has 0 bridgehead atoms. The van der Waals surface area contributed by atoms with Gasteiger partial charge in [0.2, 0.25) is 11.8 Å². The first kappa shape index (κ1) is 17.2. The van der Waals surface area contributed by atoms with E-state index in [4.69, 9.17) is 5.11 Å². The van der Waals surface area contributed by atoms with Crippen LogP contribution in [0.5, 0.6) is 0 Å². The molecule has 0 aromatic heterocycles. The highest BCUT2D eigenvalue weighted by Gasteiger charge is 2.34. The van der Waals surface area contributed by atoms with Crippen molar-refractivity contribution in [2.24, 2.45) is 0 Å². The fraction of sp³-hybridized carbons (Fsp3) is 0.727. The maximum atomic E-state index is 11.9. The first-order valence-electron chi connectivity index (χ1n) is 6.14. The van der Waals surface area contributed by atoms with Crippen LogP contribution in [-0.2, 0) is 19.1 Å². The number of rotatable bonds is 6. The van der Waals surface area contributed by atoms with Gasteiger partial charge >= 0.3 is 12.1 Å². The van der Waals surface area contributed by atoms with Gasteiger partial charge < -0.3 is 20.1 Å². The molecule has 21 heavy (non-hydrogen) atoms. The zero-order chi connectivity index (χ0) is 16.0. The van der Waals surface area contributed by atoms with Crippen LogP contribution in [0.2, 0.25) is 0 Å². The van der Waals surface area contributed by atoms with Crippen LogP contribution in [0.15, 0.2) is 0 Å². The van der Waals surface area contributed by atoms with Crippen molar-refractivity contribution in [2.75, 3.05) is 26.3 Å². The van der Waals surface area contributed by atoms with E-state index in [1.807, 2.05) is 0 Å². The predicted octanol–water partition coefficient (Wildman–Crippen LogP) is -0.243. The summed E-state index contributed by atoms with van der Waals surface area (Å²) in [5.74, 6) is -2.45. The molecule has 7 nitrogen and oxygen atoms in total. The van der Waals surface area contributed by atoms with E-state index in [2.05, 4.69) is 10.1 Å². The van der Waals surface area contributed by atoms with Gasteiger partial charge in [0, 0.05) is 13.1 Å². The van der Waals surface area contributed by atoms with Crippen LogP contribution in [0.25, 0.3) is 0 Å². The summed E-state index contributed by atoms with van der Waals surface area (Å²) in [4.78, 5) is 35.2. The molecule has 0 saturated carbocycles. The number of hydrogen-bond donors (Lipinski definition) is 2. The molecule has 0 aromatic carbocycles. The summed E-state index contributed by atoms with van der Waals surface area (Å²) in [5.41, 5.74) is 0. The second-order valence-electron chi connectivity index (χ2n) is 4.41. The smallest absolute Gasteiger partial charge is 0.411 e. The fourth-order valence-electron chi connectivity index (χ4n) is 1.87. The molecule has 1 unspecified atom stereocenters. The Morgan fingerprint density at radius 1 is 1.43 bits per heavy atom. The van der Waals surface area contributed by atoms with Crippen LogP contribution in [0.4, 0.5) is 13.2 Å². The Morgan fingerprint density at radius 2 is 2.10 bits per heavy atom. The van der Waals surface area contributed by atoms with Crippen molar-refractivity contribution >= 4 is 17.8 Å². The minimum atomic E-state index is -4.47. The average molecular weight is 312 g/mol. The molecule has 1 aliphatic heterocycles. The Hall–Kier alpha value is -1.84. The molecule has 0 aromatic rings. The molecule has 1 aliphatic rings. The number of nitrogens with one attached hydrogen (secondary N) is 1. The molecule has 1 rings (SSSR count). The van der Waals surface area contributed by atoms with Crippen molar-refractivity contribution in [1.29, 1.82) is 0 Å². The van der Waals surface area contributed by atoms with E-state index in [0.29, 0.717) is 0 Å². The maximum absolute atomic E-state index is 11.9. The quantitative estimate of drug-likeness (QED) is 0.660. The second kappa shape index (κ2) is 7.25. The summed E-state index contributed by atoms with van der Waals surface area (Å²) in [6.45, 7) is -1.62. The molecule has 1 saturated heterocycles. The van der Waals surface area contributed by atoms with Crippen molar-refractivity contribution in [1.82, 2.24) is 10.2 Å². The Bertz CT molecular complexity index is 413. The zero-order valence-electron chi connectivity index (χ0n) is 11.0. The van der Waals surface area contributed by atoms with Crippen LogP contribution in [0.1, 0.15) is 12.8 Å².